The molecule has 0 saturated carbocycles. The molecule has 2 rings (SSSR count). The molecule has 0 atom stereocenters. The predicted molar refractivity (Wildman–Crippen MR) is 80.3 cm³/mol. The SMILES string of the molecule is CC(=O)NCCNc1ccc([N+](=O)[O-])c2cnc(C)cc12. The minimum absolute atomic E-state index is 0.0323. The van der Waals surface area contributed by atoms with E-state index in [4.69, 9.17) is 0 Å². The highest BCUT2D eigenvalue weighted by Gasteiger charge is 2.14. The Morgan fingerprint density at radius 1 is 1.33 bits per heavy atom. The Labute approximate surface area is 121 Å². The zero-order chi connectivity index (χ0) is 15.4. The number of nitro benzene ring substituents is 1. The van der Waals surface area contributed by atoms with Crippen molar-refractivity contribution in [2.75, 3.05) is 18.4 Å². The van der Waals surface area contributed by atoms with Crippen LogP contribution in [0.2, 0.25) is 0 Å². The van der Waals surface area contributed by atoms with Gasteiger partial charge in [0.1, 0.15) is 0 Å². The summed E-state index contributed by atoms with van der Waals surface area (Å²) in [5.74, 6) is -0.0922. The number of hydrogen-bond donors (Lipinski definition) is 2. The Bertz CT molecular complexity index is 700. The van der Waals surface area contributed by atoms with E-state index < -0.39 is 4.92 Å². The second-order valence-corrected chi connectivity index (χ2v) is 4.67. The number of amides is 1. The molecule has 2 aromatic rings. The van der Waals surface area contributed by atoms with Gasteiger partial charge in [0, 0.05) is 49.0 Å². The van der Waals surface area contributed by atoms with Crippen LogP contribution < -0.4 is 10.6 Å². The Balaban J connectivity index is 2.31. The Kier molecular flexibility index (Phi) is 4.32. The number of aromatic nitrogens is 1. The van der Waals surface area contributed by atoms with E-state index in [1.54, 1.807) is 6.07 Å². The van der Waals surface area contributed by atoms with Crippen LogP contribution in [-0.2, 0) is 4.79 Å². The van der Waals surface area contributed by atoms with E-state index in [1.807, 2.05) is 13.0 Å². The summed E-state index contributed by atoms with van der Waals surface area (Å²) in [6.07, 6.45) is 1.52. The van der Waals surface area contributed by atoms with Gasteiger partial charge in [-0.2, -0.15) is 0 Å². The van der Waals surface area contributed by atoms with Crippen molar-refractivity contribution in [3.05, 3.63) is 40.2 Å². The monoisotopic (exact) mass is 288 g/mol. The maximum Gasteiger partial charge on any atom is 0.278 e. The third-order valence-corrected chi connectivity index (χ3v) is 3.03. The molecule has 0 fully saturated rings. The number of carbonyl (C=O) groups is 1. The molecule has 21 heavy (non-hydrogen) atoms. The molecule has 0 radical (unpaired) electrons. The van der Waals surface area contributed by atoms with Crippen LogP contribution in [-0.4, -0.2) is 28.9 Å². The lowest BCUT2D eigenvalue weighted by molar-refractivity contribution is -0.383. The topological polar surface area (TPSA) is 97.2 Å². The van der Waals surface area contributed by atoms with Crippen LogP contribution in [0.1, 0.15) is 12.6 Å². The second-order valence-electron chi connectivity index (χ2n) is 4.67. The van der Waals surface area contributed by atoms with Crippen LogP contribution in [0.15, 0.2) is 24.4 Å². The molecule has 7 heteroatoms. The number of hydrogen-bond acceptors (Lipinski definition) is 5. The van der Waals surface area contributed by atoms with Gasteiger partial charge >= 0.3 is 0 Å². The van der Waals surface area contributed by atoms with Gasteiger partial charge in [0.15, 0.2) is 0 Å². The maximum absolute atomic E-state index is 11.1. The zero-order valence-corrected chi connectivity index (χ0v) is 11.8. The number of carbonyl (C=O) groups excluding carboxylic acids is 1. The first kappa shape index (κ1) is 14.7. The molecule has 7 nitrogen and oxygen atoms in total. The van der Waals surface area contributed by atoms with Gasteiger partial charge < -0.3 is 10.6 Å². The molecule has 0 spiro atoms. The first-order chi connectivity index (χ1) is 9.99. The fourth-order valence-electron chi connectivity index (χ4n) is 2.08. The first-order valence-electron chi connectivity index (χ1n) is 6.51. The van der Waals surface area contributed by atoms with Crippen LogP contribution in [0.3, 0.4) is 0 Å². The number of aryl methyl sites for hydroxylation is 1. The van der Waals surface area contributed by atoms with E-state index in [9.17, 15) is 14.9 Å². The molecular weight excluding hydrogens is 272 g/mol. The number of rotatable bonds is 5. The van der Waals surface area contributed by atoms with Crippen molar-refractivity contribution in [3.63, 3.8) is 0 Å². The molecule has 1 amide bonds. The van der Waals surface area contributed by atoms with Crippen LogP contribution in [0, 0.1) is 17.0 Å². The van der Waals surface area contributed by atoms with E-state index >= 15 is 0 Å². The molecule has 0 aliphatic heterocycles. The smallest absolute Gasteiger partial charge is 0.278 e. The number of nitrogens with one attached hydrogen (secondary N) is 2. The van der Waals surface area contributed by atoms with E-state index in [1.165, 1.54) is 19.2 Å². The summed E-state index contributed by atoms with van der Waals surface area (Å²) in [5, 5.41) is 18.2. The molecule has 2 N–H and O–H groups in total. The van der Waals surface area contributed by atoms with Gasteiger partial charge in [-0.1, -0.05) is 0 Å². The molecule has 1 heterocycles. The number of non-ortho nitro benzene ring substituents is 1. The number of anilines is 1. The van der Waals surface area contributed by atoms with Gasteiger partial charge in [-0.05, 0) is 19.1 Å². The fraction of sp³-hybridized carbons (Fsp3) is 0.286. The molecule has 0 aliphatic rings. The van der Waals surface area contributed by atoms with Gasteiger partial charge in [0.05, 0.1) is 10.3 Å². The highest BCUT2D eigenvalue weighted by molar-refractivity contribution is 5.99. The van der Waals surface area contributed by atoms with Crippen molar-refractivity contribution in [2.45, 2.75) is 13.8 Å². The van der Waals surface area contributed by atoms with Gasteiger partial charge in [0.2, 0.25) is 5.91 Å². The molecule has 110 valence electrons. The highest BCUT2D eigenvalue weighted by Crippen LogP contribution is 2.31. The van der Waals surface area contributed by atoms with Crippen molar-refractivity contribution >= 4 is 28.1 Å². The number of nitrogens with zero attached hydrogens (tertiary/aromatic N) is 2. The summed E-state index contributed by atoms with van der Waals surface area (Å²) in [4.78, 5) is 25.6. The van der Waals surface area contributed by atoms with Gasteiger partial charge in [0.25, 0.3) is 5.69 Å². The number of fused-ring (bicyclic) bond motifs is 1. The molecule has 0 bridgehead atoms. The number of benzene rings is 1. The van der Waals surface area contributed by atoms with E-state index in [2.05, 4.69) is 15.6 Å². The molecular formula is C14H16N4O3. The minimum atomic E-state index is -0.416. The van der Waals surface area contributed by atoms with E-state index in [0.717, 1.165) is 16.8 Å². The molecule has 0 unspecified atom stereocenters. The van der Waals surface area contributed by atoms with Crippen LogP contribution in [0.5, 0.6) is 0 Å². The largest absolute Gasteiger partial charge is 0.383 e. The summed E-state index contributed by atoms with van der Waals surface area (Å²) >= 11 is 0. The normalized spacial score (nSPS) is 10.4. The standard InChI is InChI=1S/C14H16N4O3/c1-9-7-11-12(8-17-9)14(18(20)21)4-3-13(11)16-6-5-15-10(2)19/h3-4,7-8,16H,5-6H2,1-2H3,(H,15,19). The Morgan fingerprint density at radius 3 is 2.76 bits per heavy atom. The fourth-order valence-corrected chi connectivity index (χ4v) is 2.08. The Morgan fingerprint density at radius 2 is 2.10 bits per heavy atom. The molecule has 1 aromatic carbocycles. The van der Waals surface area contributed by atoms with Crippen LogP contribution >= 0.6 is 0 Å². The minimum Gasteiger partial charge on any atom is -0.383 e. The summed E-state index contributed by atoms with van der Waals surface area (Å²) < 4.78 is 0. The third-order valence-electron chi connectivity index (χ3n) is 3.03. The van der Waals surface area contributed by atoms with Gasteiger partial charge in [-0.15, -0.1) is 0 Å². The average molecular weight is 288 g/mol. The van der Waals surface area contributed by atoms with Crippen molar-refractivity contribution in [3.8, 4) is 0 Å². The van der Waals surface area contributed by atoms with E-state index in [0.29, 0.717) is 18.5 Å². The van der Waals surface area contributed by atoms with E-state index in [-0.39, 0.29) is 11.6 Å². The van der Waals surface area contributed by atoms with Crippen molar-refractivity contribution in [2.24, 2.45) is 0 Å². The second kappa shape index (κ2) is 6.17. The first-order valence-corrected chi connectivity index (χ1v) is 6.51. The average Bonchev–Trinajstić information content (AvgIpc) is 2.42. The van der Waals surface area contributed by atoms with Crippen molar-refractivity contribution in [1.82, 2.24) is 10.3 Å². The lowest BCUT2D eigenvalue weighted by atomic mass is 10.1. The number of pyridine rings is 1. The molecule has 0 saturated heterocycles. The molecule has 0 aliphatic carbocycles. The quantitative estimate of drug-likeness (QED) is 0.498. The third kappa shape index (κ3) is 3.44. The predicted octanol–water partition coefficient (Wildman–Crippen LogP) is 2.00. The highest BCUT2D eigenvalue weighted by atomic mass is 16.6. The zero-order valence-electron chi connectivity index (χ0n) is 11.8. The maximum atomic E-state index is 11.1. The molecule has 1 aromatic heterocycles. The van der Waals surface area contributed by atoms with Crippen molar-refractivity contribution in [1.29, 1.82) is 0 Å². The summed E-state index contributed by atoms with van der Waals surface area (Å²) in [6, 6.07) is 4.94. The Hall–Kier alpha value is -2.70. The summed E-state index contributed by atoms with van der Waals surface area (Å²) in [7, 11) is 0. The van der Waals surface area contributed by atoms with Crippen LogP contribution in [0.4, 0.5) is 11.4 Å². The summed E-state index contributed by atoms with van der Waals surface area (Å²) in [6.45, 7) is 4.31. The van der Waals surface area contributed by atoms with Crippen molar-refractivity contribution < 1.29 is 9.72 Å². The van der Waals surface area contributed by atoms with Gasteiger partial charge in [-0.3, -0.25) is 19.9 Å². The van der Waals surface area contributed by atoms with Gasteiger partial charge in [-0.25, -0.2) is 0 Å². The lowest BCUT2D eigenvalue weighted by Crippen LogP contribution is -2.26. The van der Waals surface area contributed by atoms with Crippen LogP contribution in [0.25, 0.3) is 10.8 Å². The summed E-state index contributed by atoms with van der Waals surface area (Å²) in [5.41, 5.74) is 1.60. The number of nitro groups is 1. The lowest BCUT2D eigenvalue weighted by Gasteiger charge is -2.10.